The van der Waals surface area contributed by atoms with E-state index in [1.807, 2.05) is 48.5 Å². The van der Waals surface area contributed by atoms with Crippen molar-refractivity contribution in [1.82, 2.24) is 9.80 Å². The maximum absolute atomic E-state index is 14.3. The van der Waals surface area contributed by atoms with E-state index in [2.05, 4.69) is 4.90 Å². The van der Waals surface area contributed by atoms with Crippen molar-refractivity contribution in [3.63, 3.8) is 0 Å². The Balaban J connectivity index is 1.79. The van der Waals surface area contributed by atoms with Crippen LogP contribution >= 0.6 is 0 Å². The van der Waals surface area contributed by atoms with Crippen molar-refractivity contribution in [2.75, 3.05) is 40.9 Å². The Morgan fingerprint density at radius 1 is 1.03 bits per heavy atom. The van der Waals surface area contributed by atoms with Gasteiger partial charge in [-0.2, -0.15) is 0 Å². The fourth-order valence-corrected chi connectivity index (χ4v) is 4.91. The number of aliphatic hydroxyl groups excluding tert-OH is 1. The number of β-amino-alcohol motifs (C(OH)–C–C–N with tert-alkyl or cyclic N) is 1. The average Bonchev–Trinajstić information content (AvgIpc) is 3.35. The summed E-state index contributed by atoms with van der Waals surface area (Å²) >= 11 is 0. The van der Waals surface area contributed by atoms with Gasteiger partial charge in [-0.25, -0.2) is 0 Å². The summed E-state index contributed by atoms with van der Waals surface area (Å²) in [4.78, 5) is 18.0. The summed E-state index contributed by atoms with van der Waals surface area (Å²) in [7, 11) is 4.88. The van der Waals surface area contributed by atoms with Crippen LogP contribution in [0, 0.1) is 0 Å². The lowest BCUT2D eigenvalue weighted by Gasteiger charge is -2.38. The molecule has 4 rings (SSSR count). The van der Waals surface area contributed by atoms with E-state index in [1.54, 1.807) is 56.5 Å². The molecule has 2 N–H and O–H groups in total. The Labute approximate surface area is 212 Å². The average molecular weight is 491 g/mol. The number of carbonyl (C=O) groups is 1. The van der Waals surface area contributed by atoms with Crippen molar-refractivity contribution >= 4 is 5.91 Å². The van der Waals surface area contributed by atoms with Crippen LogP contribution in [-0.2, 0) is 10.4 Å². The molecule has 7 nitrogen and oxygen atoms in total. The summed E-state index contributed by atoms with van der Waals surface area (Å²) in [5, 5.41) is 22.2. The van der Waals surface area contributed by atoms with Crippen LogP contribution in [0.3, 0.4) is 0 Å². The van der Waals surface area contributed by atoms with Crippen LogP contribution in [-0.4, -0.2) is 72.9 Å². The van der Waals surface area contributed by atoms with E-state index in [0.717, 1.165) is 12.1 Å². The molecule has 0 bridgehead atoms. The van der Waals surface area contributed by atoms with Gasteiger partial charge in [-0.3, -0.25) is 9.69 Å². The molecular formula is C29H34N2O5. The first kappa shape index (κ1) is 25.7. The zero-order chi connectivity index (χ0) is 25.7. The number of nitrogens with zero attached hydrogens (tertiary/aromatic N) is 2. The molecule has 3 aromatic carbocycles. The van der Waals surface area contributed by atoms with Gasteiger partial charge in [-0.05, 0) is 29.7 Å². The summed E-state index contributed by atoms with van der Waals surface area (Å²) in [6, 6.07) is 23.1. The molecule has 1 aliphatic rings. The van der Waals surface area contributed by atoms with Crippen LogP contribution < -0.4 is 9.47 Å². The largest absolute Gasteiger partial charge is 0.497 e. The Bertz CT molecular complexity index is 1120. The second-order valence-electron chi connectivity index (χ2n) is 9.18. The molecule has 1 aliphatic heterocycles. The second-order valence-corrected chi connectivity index (χ2v) is 9.18. The number of likely N-dealkylation sites (N-methyl/N-ethyl adjacent to an activating group) is 1. The van der Waals surface area contributed by atoms with Crippen molar-refractivity contribution < 1.29 is 24.5 Å². The number of hydrogen-bond acceptors (Lipinski definition) is 6. The highest BCUT2D eigenvalue weighted by Gasteiger charge is 2.44. The van der Waals surface area contributed by atoms with E-state index in [1.165, 1.54) is 0 Å². The molecule has 0 spiro atoms. The SMILES string of the molecule is COc1ccc([C@@H](CN2CCC(O)C2)N(C)C(=O)C(O)(c2ccccc2)c2ccccc2)c(OC)c1. The van der Waals surface area contributed by atoms with Crippen LogP contribution in [0.1, 0.15) is 29.2 Å². The number of ether oxygens (including phenoxy) is 2. The molecule has 7 heteroatoms. The maximum Gasteiger partial charge on any atom is 0.264 e. The molecule has 3 aromatic rings. The predicted octanol–water partition coefficient (Wildman–Crippen LogP) is 3.21. The lowest BCUT2D eigenvalue weighted by atomic mass is 9.84. The van der Waals surface area contributed by atoms with Crippen molar-refractivity contribution in [1.29, 1.82) is 0 Å². The highest BCUT2D eigenvalue weighted by molar-refractivity contribution is 5.90. The fraction of sp³-hybridized carbons (Fsp3) is 0.345. The Morgan fingerprint density at radius 3 is 2.14 bits per heavy atom. The summed E-state index contributed by atoms with van der Waals surface area (Å²) in [5.41, 5.74) is -0.117. The van der Waals surface area contributed by atoms with Gasteiger partial charge < -0.3 is 24.6 Å². The van der Waals surface area contributed by atoms with E-state index in [4.69, 9.17) is 9.47 Å². The zero-order valence-electron chi connectivity index (χ0n) is 21.0. The minimum atomic E-state index is -1.89. The third-order valence-corrected chi connectivity index (χ3v) is 6.96. The number of aliphatic hydroxyl groups is 2. The van der Waals surface area contributed by atoms with Gasteiger partial charge in [0.15, 0.2) is 5.60 Å². The van der Waals surface area contributed by atoms with Crippen LogP contribution in [0.25, 0.3) is 0 Å². The van der Waals surface area contributed by atoms with Gasteiger partial charge in [0.25, 0.3) is 5.91 Å². The predicted molar refractivity (Wildman–Crippen MR) is 138 cm³/mol. The first-order valence-electron chi connectivity index (χ1n) is 12.1. The second kappa shape index (κ2) is 11.1. The number of likely N-dealkylation sites (tertiary alicyclic amines) is 1. The first-order chi connectivity index (χ1) is 17.4. The fourth-order valence-electron chi connectivity index (χ4n) is 4.91. The van der Waals surface area contributed by atoms with Gasteiger partial charge in [-0.1, -0.05) is 60.7 Å². The molecule has 0 aromatic heterocycles. The lowest BCUT2D eigenvalue weighted by molar-refractivity contribution is -0.149. The van der Waals surface area contributed by atoms with Gasteiger partial charge in [0.2, 0.25) is 0 Å². The smallest absolute Gasteiger partial charge is 0.264 e. The molecule has 1 fully saturated rings. The Morgan fingerprint density at radius 2 is 1.64 bits per heavy atom. The van der Waals surface area contributed by atoms with Crippen LogP contribution in [0.5, 0.6) is 11.5 Å². The van der Waals surface area contributed by atoms with E-state index in [9.17, 15) is 15.0 Å². The van der Waals surface area contributed by atoms with Gasteiger partial charge in [0, 0.05) is 38.3 Å². The van der Waals surface area contributed by atoms with Crippen molar-refractivity contribution in [2.45, 2.75) is 24.2 Å². The van der Waals surface area contributed by atoms with Crippen LogP contribution in [0.15, 0.2) is 78.9 Å². The molecule has 1 unspecified atom stereocenters. The van der Waals surface area contributed by atoms with Crippen molar-refractivity contribution in [2.24, 2.45) is 0 Å². The number of carbonyl (C=O) groups excluding carboxylic acids is 1. The standard InChI is InChI=1S/C29H34N2O5/c1-30(28(33)29(34,21-10-6-4-7-11-21)22-12-8-5-9-13-22)26(20-31-17-16-23(32)19-31)25-15-14-24(35-2)18-27(25)36-3/h4-15,18,23,26,32,34H,16-17,19-20H2,1-3H3/t23?,26-/m1/s1. The lowest BCUT2D eigenvalue weighted by Crippen LogP contribution is -2.49. The zero-order valence-corrected chi connectivity index (χ0v) is 21.0. The minimum absolute atomic E-state index is 0.394. The monoisotopic (exact) mass is 490 g/mol. The summed E-state index contributed by atoms with van der Waals surface area (Å²) in [6.45, 7) is 1.72. The number of amides is 1. The molecule has 0 saturated carbocycles. The van der Waals surface area contributed by atoms with Crippen molar-refractivity contribution in [3.8, 4) is 11.5 Å². The first-order valence-corrected chi connectivity index (χ1v) is 12.1. The number of rotatable bonds is 9. The highest BCUT2D eigenvalue weighted by Crippen LogP contribution is 2.38. The molecule has 0 radical (unpaired) electrons. The number of methoxy groups -OCH3 is 2. The quantitative estimate of drug-likeness (QED) is 0.479. The molecule has 0 aliphatic carbocycles. The summed E-state index contributed by atoms with van der Waals surface area (Å²) in [5.74, 6) is 0.772. The van der Waals surface area contributed by atoms with E-state index in [0.29, 0.717) is 42.1 Å². The number of benzene rings is 3. The van der Waals surface area contributed by atoms with Gasteiger partial charge in [-0.15, -0.1) is 0 Å². The van der Waals surface area contributed by atoms with Gasteiger partial charge in [0.05, 0.1) is 26.4 Å². The minimum Gasteiger partial charge on any atom is -0.497 e. The Hall–Kier alpha value is -3.39. The van der Waals surface area contributed by atoms with Gasteiger partial charge in [0.1, 0.15) is 11.5 Å². The molecular weight excluding hydrogens is 456 g/mol. The summed E-state index contributed by atoms with van der Waals surface area (Å²) in [6.07, 6.45) is 0.289. The molecule has 2 atom stereocenters. The molecule has 1 saturated heterocycles. The third-order valence-electron chi connectivity index (χ3n) is 6.96. The maximum atomic E-state index is 14.3. The van der Waals surface area contributed by atoms with Crippen molar-refractivity contribution in [3.05, 3.63) is 95.6 Å². The topological polar surface area (TPSA) is 82.5 Å². The van der Waals surface area contributed by atoms with E-state index >= 15 is 0 Å². The highest BCUT2D eigenvalue weighted by atomic mass is 16.5. The number of hydrogen-bond donors (Lipinski definition) is 2. The Kier molecular flexibility index (Phi) is 7.94. The van der Waals surface area contributed by atoms with E-state index < -0.39 is 23.7 Å². The van der Waals surface area contributed by atoms with Crippen LogP contribution in [0.2, 0.25) is 0 Å². The van der Waals surface area contributed by atoms with Gasteiger partial charge >= 0.3 is 0 Å². The van der Waals surface area contributed by atoms with E-state index in [-0.39, 0.29) is 0 Å². The molecule has 36 heavy (non-hydrogen) atoms. The normalized spacial score (nSPS) is 17.0. The van der Waals surface area contributed by atoms with Crippen LogP contribution in [0.4, 0.5) is 0 Å². The molecule has 1 amide bonds. The molecule has 1 heterocycles. The third kappa shape index (κ3) is 5.09. The summed E-state index contributed by atoms with van der Waals surface area (Å²) < 4.78 is 11.1. The molecule has 190 valence electrons.